The van der Waals surface area contributed by atoms with Crippen molar-refractivity contribution in [2.24, 2.45) is 0 Å². The molecule has 1 aliphatic rings. The van der Waals surface area contributed by atoms with E-state index in [0.717, 1.165) is 49.3 Å². The maximum absolute atomic E-state index is 10.8. The van der Waals surface area contributed by atoms with E-state index in [1.54, 1.807) is 30.0 Å². The van der Waals surface area contributed by atoms with Crippen molar-refractivity contribution in [3.63, 3.8) is 0 Å². The monoisotopic (exact) mass is 375 g/mol. The van der Waals surface area contributed by atoms with Gasteiger partial charge in [0.25, 0.3) is 5.69 Å². The first kappa shape index (κ1) is 18.6. The van der Waals surface area contributed by atoms with Gasteiger partial charge < -0.3 is 4.74 Å². The summed E-state index contributed by atoms with van der Waals surface area (Å²) < 4.78 is 7.35. The predicted octanol–water partition coefficient (Wildman–Crippen LogP) is 2.46. The van der Waals surface area contributed by atoms with Crippen LogP contribution < -0.4 is 0 Å². The Kier molecular flexibility index (Phi) is 6.37. The van der Waals surface area contributed by atoms with Gasteiger partial charge in [-0.15, -0.1) is 16.8 Å². The zero-order chi connectivity index (χ0) is 18.4. The molecule has 26 heavy (non-hydrogen) atoms. The number of ether oxygens (including phenoxy) is 1. The second kappa shape index (κ2) is 8.93. The second-order valence-corrected chi connectivity index (χ2v) is 6.87. The van der Waals surface area contributed by atoms with Gasteiger partial charge in [-0.1, -0.05) is 17.8 Å². The molecule has 2 heterocycles. The lowest BCUT2D eigenvalue weighted by molar-refractivity contribution is -0.384. The van der Waals surface area contributed by atoms with Crippen molar-refractivity contribution in [2.45, 2.75) is 11.7 Å². The normalized spacial score (nSPS) is 15.1. The molecule has 9 heteroatoms. The van der Waals surface area contributed by atoms with Crippen LogP contribution in [0.4, 0.5) is 5.69 Å². The molecule has 0 amide bonds. The number of thioether (sulfide) groups is 1. The minimum Gasteiger partial charge on any atom is -0.379 e. The summed E-state index contributed by atoms with van der Waals surface area (Å²) in [5.41, 5.74) is 0.855. The maximum Gasteiger partial charge on any atom is 0.269 e. The number of benzene rings is 1. The molecule has 0 spiro atoms. The van der Waals surface area contributed by atoms with Gasteiger partial charge in [0, 0.05) is 49.6 Å². The van der Waals surface area contributed by atoms with Crippen molar-refractivity contribution in [1.82, 2.24) is 19.7 Å². The smallest absolute Gasteiger partial charge is 0.269 e. The van der Waals surface area contributed by atoms with Crippen molar-refractivity contribution in [2.75, 3.05) is 38.6 Å². The van der Waals surface area contributed by atoms with Crippen LogP contribution in [0.3, 0.4) is 0 Å². The molecule has 0 aliphatic carbocycles. The van der Waals surface area contributed by atoms with Gasteiger partial charge >= 0.3 is 0 Å². The van der Waals surface area contributed by atoms with Crippen LogP contribution in [-0.2, 0) is 11.3 Å². The highest BCUT2D eigenvalue weighted by atomic mass is 32.2. The third-order valence-electron chi connectivity index (χ3n) is 4.11. The summed E-state index contributed by atoms with van der Waals surface area (Å²) in [6.07, 6.45) is 1.80. The standard InChI is InChI=1S/C17H21N5O3S/c1-2-7-21-16(14-3-5-15(6-4-14)22(23)24)18-19-17(21)26-13-10-20-8-11-25-12-9-20/h2-6H,1,7-13H2. The third kappa shape index (κ3) is 4.48. The Hall–Kier alpha value is -2.23. The third-order valence-corrected chi connectivity index (χ3v) is 5.05. The number of nitro benzene ring substituents is 1. The molecule has 1 saturated heterocycles. The summed E-state index contributed by atoms with van der Waals surface area (Å²) in [5, 5.41) is 20.2. The molecule has 138 valence electrons. The maximum atomic E-state index is 10.8. The van der Waals surface area contributed by atoms with E-state index >= 15 is 0 Å². The van der Waals surface area contributed by atoms with Crippen LogP contribution in [0, 0.1) is 10.1 Å². The lowest BCUT2D eigenvalue weighted by Gasteiger charge is -2.26. The van der Waals surface area contributed by atoms with Gasteiger partial charge in [0.1, 0.15) is 0 Å². The van der Waals surface area contributed by atoms with E-state index in [0.29, 0.717) is 12.4 Å². The highest BCUT2D eigenvalue weighted by Crippen LogP contribution is 2.25. The lowest BCUT2D eigenvalue weighted by Crippen LogP contribution is -2.37. The first-order valence-electron chi connectivity index (χ1n) is 8.41. The average Bonchev–Trinajstić information content (AvgIpc) is 3.06. The predicted molar refractivity (Wildman–Crippen MR) is 100 cm³/mol. The van der Waals surface area contributed by atoms with Gasteiger partial charge in [-0.05, 0) is 12.1 Å². The lowest BCUT2D eigenvalue weighted by atomic mass is 10.2. The molecule has 0 unspecified atom stereocenters. The molecule has 0 saturated carbocycles. The minimum absolute atomic E-state index is 0.0589. The van der Waals surface area contributed by atoms with Crippen LogP contribution >= 0.6 is 11.8 Å². The molecule has 1 aromatic heterocycles. The summed E-state index contributed by atoms with van der Waals surface area (Å²) in [6, 6.07) is 6.36. The average molecular weight is 375 g/mol. The second-order valence-electron chi connectivity index (χ2n) is 5.81. The Morgan fingerprint density at radius 3 is 2.65 bits per heavy atom. The number of non-ortho nitro benzene ring substituents is 1. The Labute approximate surface area is 156 Å². The Bertz CT molecular complexity index is 756. The Balaban J connectivity index is 1.70. The van der Waals surface area contributed by atoms with E-state index in [-0.39, 0.29) is 5.69 Å². The molecule has 8 nitrogen and oxygen atoms in total. The van der Waals surface area contributed by atoms with Gasteiger partial charge in [0.15, 0.2) is 11.0 Å². The van der Waals surface area contributed by atoms with Crippen LogP contribution in [0.25, 0.3) is 11.4 Å². The molecule has 1 fully saturated rings. The minimum atomic E-state index is -0.412. The zero-order valence-corrected chi connectivity index (χ0v) is 15.2. The molecule has 1 aliphatic heterocycles. The summed E-state index contributed by atoms with van der Waals surface area (Å²) >= 11 is 1.66. The fraction of sp³-hybridized carbons (Fsp3) is 0.412. The van der Waals surface area contributed by atoms with Crippen molar-refractivity contribution in [1.29, 1.82) is 0 Å². The van der Waals surface area contributed by atoms with Crippen LogP contribution in [0.1, 0.15) is 0 Å². The number of nitro groups is 1. The SMILES string of the molecule is C=CCn1c(SCCN2CCOCC2)nnc1-c1ccc([N+](=O)[O-])cc1. The fourth-order valence-electron chi connectivity index (χ4n) is 2.73. The van der Waals surface area contributed by atoms with Crippen molar-refractivity contribution < 1.29 is 9.66 Å². The van der Waals surface area contributed by atoms with E-state index in [2.05, 4.69) is 21.7 Å². The van der Waals surface area contributed by atoms with Gasteiger partial charge in [-0.3, -0.25) is 19.6 Å². The number of allylic oxidation sites excluding steroid dienone is 1. The van der Waals surface area contributed by atoms with Gasteiger partial charge in [-0.25, -0.2) is 0 Å². The highest BCUT2D eigenvalue weighted by Gasteiger charge is 2.16. The summed E-state index contributed by atoms with van der Waals surface area (Å²) in [7, 11) is 0. The molecular weight excluding hydrogens is 354 g/mol. The summed E-state index contributed by atoms with van der Waals surface area (Å²) in [5.74, 6) is 1.60. The Morgan fingerprint density at radius 2 is 2.00 bits per heavy atom. The first-order valence-corrected chi connectivity index (χ1v) is 9.39. The van der Waals surface area contributed by atoms with Crippen molar-refractivity contribution >= 4 is 17.4 Å². The molecule has 0 bridgehead atoms. The fourth-order valence-corrected chi connectivity index (χ4v) is 3.67. The van der Waals surface area contributed by atoms with Crippen LogP contribution in [-0.4, -0.2) is 63.2 Å². The summed E-state index contributed by atoms with van der Waals surface area (Å²) in [4.78, 5) is 12.8. The molecule has 0 radical (unpaired) electrons. The molecule has 3 rings (SSSR count). The topological polar surface area (TPSA) is 86.3 Å². The molecule has 1 aromatic carbocycles. The number of hydrogen-bond donors (Lipinski definition) is 0. The van der Waals surface area contributed by atoms with Crippen molar-refractivity contribution in [3.05, 3.63) is 47.0 Å². The highest BCUT2D eigenvalue weighted by molar-refractivity contribution is 7.99. The number of aromatic nitrogens is 3. The number of morpholine rings is 1. The number of hydrogen-bond acceptors (Lipinski definition) is 7. The van der Waals surface area contributed by atoms with E-state index in [4.69, 9.17) is 4.74 Å². The van der Waals surface area contributed by atoms with Crippen molar-refractivity contribution in [3.8, 4) is 11.4 Å². The zero-order valence-electron chi connectivity index (χ0n) is 14.4. The quantitative estimate of drug-likeness (QED) is 0.303. The van der Waals surface area contributed by atoms with E-state index < -0.39 is 4.92 Å². The molecule has 0 atom stereocenters. The Morgan fingerprint density at radius 1 is 1.27 bits per heavy atom. The van der Waals surface area contributed by atoms with Crippen LogP contribution in [0.5, 0.6) is 0 Å². The molecule has 0 N–H and O–H groups in total. The van der Waals surface area contributed by atoms with E-state index in [1.807, 2.05) is 4.57 Å². The van der Waals surface area contributed by atoms with Gasteiger partial charge in [0.05, 0.1) is 18.1 Å². The summed E-state index contributed by atoms with van der Waals surface area (Å²) in [6.45, 7) is 8.88. The number of nitrogens with zero attached hydrogens (tertiary/aromatic N) is 5. The van der Waals surface area contributed by atoms with E-state index in [9.17, 15) is 10.1 Å². The largest absolute Gasteiger partial charge is 0.379 e. The van der Waals surface area contributed by atoms with Crippen LogP contribution in [0.2, 0.25) is 0 Å². The van der Waals surface area contributed by atoms with Gasteiger partial charge in [-0.2, -0.15) is 0 Å². The number of rotatable bonds is 8. The first-order chi connectivity index (χ1) is 12.7. The molecular formula is C17H21N5O3S. The molecule has 2 aromatic rings. The van der Waals surface area contributed by atoms with Gasteiger partial charge in [0.2, 0.25) is 0 Å². The van der Waals surface area contributed by atoms with Crippen LogP contribution in [0.15, 0.2) is 42.1 Å². The van der Waals surface area contributed by atoms with E-state index in [1.165, 1.54) is 12.1 Å².